The average Bonchev–Trinajstić information content (AvgIpc) is 2.45. The largest absolute Gasteiger partial charge is 0.324 e. The minimum absolute atomic E-state index is 0.0424. The maximum atomic E-state index is 12.0. The minimum atomic E-state index is -3.33. The van der Waals surface area contributed by atoms with Gasteiger partial charge in [-0.1, -0.05) is 49.0 Å². The molecule has 0 saturated carbocycles. The highest BCUT2D eigenvalue weighted by Crippen LogP contribution is 2.29. The zero-order chi connectivity index (χ0) is 17.5. The van der Waals surface area contributed by atoms with E-state index in [4.69, 9.17) is 23.2 Å². The molecule has 1 aromatic carbocycles. The van der Waals surface area contributed by atoms with Crippen molar-refractivity contribution in [3.63, 3.8) is 0 Å². The van der Waals surface area contributed by atoms with Gasteiger partial charge in [0.05, 0.1) is 22.0 Å². The Bertz CT molecular complexity index is 615. The number of nitrogens with zero attached hydrogens (tertiary/aromatic N) is 1. The molecule has 1 amide bonds. The molecular formula is C15H22Cl2N2O3S. The Morgan fingerprint density at radius 3 is 2.30 bits per heavy atom. The van der Waals surface area contributed by atoms with Gasteiger partial charge in [0.15, 0.2) is 0 Å². The fraction of sp³-hybridized carbons (Fsp3) is 0.533. The van der Waals surface area contributed by atoms with E-state index in [1.807, 2.05) is 6.92 Å². The van der Waals surface area contributed by atoms with Crippen LogP contribution in [0, 0.1) is 0 Å². The summed E-state index contributed by atoms with van der Waals surface area (Å²) in [6.07, 6.45) is 3.93. The lowest BCUT2D eigenvalue weighted by Gasteiger charge is -2.19. The third kappa shape index (κ3) is 7.08. The summed E-state index contributed by atoms with van der Waals surface area (Å²) in [6, 6.07) is 4.92. The van der Waals surface area contributed by atoms with Crippen molar-refractivity contribution in [2.45, 2.75) is 32.6 Å². The highest BCUT2D eigenvalue weighted by Gasteiger charge is 2.18. The average molecular weight is 381 g/mol. The van der Waals surface area contributed by atoms with Gasteiger partial charge in [0.1, 0.15) is 0 Å². The first kappa shape index (κ1) is 20.2. The van der Waals surface area contributed by atoms with Crippen LogP contribution >= 0.6 is 23.2 Å². The lowest BCUT2D eigenvalue weighted by Crippen LogP contribution is -2.33. The van der Waals surface area contributed by atoms with Crippen LogP contribution in [0.1, 0.15) is 32.6 Å². The predicted octanol–water partition coefficient (Wildman–Crippen LogP) is 3.77. The number of nitrogens with one attached hydrogen (secondary N) is 1. The third-order valence-corrected chi connectivity index (χ3v) is 5.23. The van der Waals surface area contributed by atoms with E-state index in [0.29, 0.717) is 22.3 Å². The number of para-hydroxylation sites is 1. The summed E-state index contributed by atoms with van der Waals surface area (Å²) in [7, 11) is -3.33. The number of carbonyl (C=O) groups is 1. The van der Waals surface area contributed by atoms with E-state index in [1.165, 1.54) is 4.31 Å². The molecule has 0 atom stereocenters. The van der Waals surface area contributed by atoms with Gasteiger partial charge in [0.25, 0.3) is 0 Å². The lowest BCUT2D eigenvalue weighted by molar-refractivity contribution is -0.116. The summed E-state index contributed by atoms with van der Waals surface area (Å²) in [5, 5.41) is 3.31. The molecule has 0 saturated heterocycles. The molecule has 0 bridgehead atoms. The standard InChI is InChI=1S/C15H22Cl2N2O3S/c1-3-4-5-10-19(23(2,21)22)11-9-14(20)18-15-12(16)7-6-8-13(15)17/h6-8H,3-5,9-11H2,1-2H3,(H,18,20). The zero-order valence-electron chi connectivity index (χ0n) is 13.3. The summed E-state index contributed by atoms with van der Waals surface area (Å²) < 4.78 is 24.8. The normalized spacial score (nSPS) is 11.7. The molecule has 0 unspecified atom stereocenters. The second-order valence-electron chi connectivity index (χ2n) is 5.26. The molecule has 8 heteroatoms. The summed E-state index contributed by atoms with van der Waals surface area (Å²) >= 11 is 12.0. The number of benzene rings is 1. The Morgan fingerprint density at radius 1 is 1.17 bits per heavy atom. The number of amides is 1. The number of rotatable bonds is 9. The molecule has 0 heterocycles. The zero-order valence-corrected chi connectivity index (χ0v) is 15.6. The van der Waals surface area contributed by atoms with Gasteiger partial charge in [-0.15, -0.1) is 0 Å². The van der Waals surface area contributed by atoms with E-state index in [9.17, 15) is 13.2 Å². The van der Waals surface area contributed by atoms with Gasteiger partial charge in [-0.25, -0.2) is 12.7 Å². The fourth-order valence-corrected chi connectivity index (χ4v) is 3.40. The monoisotopic (exact) mass is 380 g/mol. The van der Waals surface area contributed by atoms with E-state index in [0.717, 1.165) is 25.5 Å². The minimum Gasteiger partial charge on any atom is -0.324 e. The van der Waals surface area contributed by atoms with Gasteiger partial charge in [-0.2, -0.15) is 0 Å². The van der Waals surface area contributed by atoms with Crippen molar-refractivity contribution in [1.29, 1.82) is 0 Å². The molecule has 1 aromatic rings. The smallest absolute Gasteiger partial charge is 0.225 e. The Hall–Kier alpha value is -0.820. The van der Waals surface area contributed by atoms with Crippen LogP contribution in [-0.4, -0.2) is 38.0 Å². The van der Waals surface area contributed by atoms with Crippen molar-refractivity contribution < 1.29 is 13.2 Å². The second-order valence-corrected chi connectivity index (χ2v) is 8.06. The van der Waals surface area contributed by atoms with Crippen molar-refractivity contribution in [2.75, 3.05) is 24.7 Å². The van der Waals surface area contributed by atoms with Crippen LogP contribution in [0.3, 0.4) is 0 Å². The quantitative estimate of drug-likeness (QED) is 0.662. The summed E-state index contributed by atoms with van der Waals surface area (Å²) in [4.78, 5) is 12.0. The molecule has 0 aromatic heterocycles. The maximum absolute atomic E-state index is 12.0. The summed E-state index contributed by atoms with van der Waals surface area (Å²) in [5.74, 6) is -0.329. The second kappa shape index (κ2) is 9.47. The topological polar surface area (TPSA) is 66.5 Å². The van der Waals surface area contributed by atoms with Crippen molar-refractivity contribution >= 4 is 44.8 Å². The molecular weight excluding hydrogens is 359 g/mol. The Kier molecular flexibility index (Phi) is 8.33. The lowest BCUT2D eigenvalue weighted by atomic mass is 10.2. The van der Waals surface area contributed by atoms with E-state index in [2.05, 4.69) is 5.32 Å². The van der Waals surface area contributed by atoms with Crippen molar-refractivity contribution in [3.05, 3.63) is 28.2 Å². The molecule has 1 N–H and O–H groups in total. The first-order valence-electron chi connectivity index (χ1n) is 7.44. The number of anilines is 1. The molecule has 0 fully saturated rings. The molecule has 23 heavy (non-hydrogen) atoms. The number of hydrogen-bond acceptors (Lipinski definition) is 3. The van der Waals surface area contributed by atoms with Crippen molar-refractivity contribution in [3.8, 4) is 0 Å². The van der Waals surface area contributed by atoms with Crippen LogP contribution in [-0.2, 0) is 14.8 Å². The third-order valence-electron chi connectivity index (χ3n) is 3.30. The molecule has 0 radical (unpaired) electrons. The first-order chi connectivity index (χ1) is 10.8. The number of hydrogen-bond donors (Lipinski definition) is 1. The van der Waals surface area contributed by atoms with Crippen molar-refractivity contribution in [2.24, 2.45) is 0 Å². The van der Waals surface area contributed by atoms with Gasteiger partial charge in [-0.05, 0) is 18.6 Å². The Labute approximate surface area is 148 Å². The predicted molar refractivity (Wildman–Crippen MR) is 95.7 cm³/mol. The van der Waals surface area contributed by atoms with Gasteiger partial charge in [0.2, 0.25) is 15.9 Å². The summed E-state index contributed by atoms with van der Waals surface area (Å²) in [5.41, 5.74) is 0.345. The van der Waals surface area contributed by atoms with Gasteiger partial charge in [0, 0.05) is 19.5 Å². The Balaban J connectivity index is 2.61. The highest BCUT2D eigenvalue weighted by molar-refractivity contribution is 7.88. The van der Waals surface area contributed by atoms with Crippen LogP contribution in [0.5, 0.6) is 0 Å². The van der Waals surface area contributed by atoms with Gasteiger partial charge < -0.3 is 5.32 Å². The summed E-state index contributed by atoms with van der Waals surface area (Å²) in [6.45, 7) is 2.61. The number of halogens is 2. The molecule has 0 aliphatic carbocycles. The van der Waals surface area contributed by atoms with E-state index < -0.39 is 10.0 Å². The molecule has 130 valence electrons. The maximum Gasteiger partial charge on any atom is 0.225 e. The fourth-order valence-electron chi connectivity index (χ4n) is 2.03. The van der Waals surface area contributed by atoms with E-state index in [-0.39, 0.29) is 18.9 Å². The van der Waals surface area contributed by atoms with Crippen LogP contribution in [0.25, 0.3) is 0 Å². The van der Waals surface area contributed by atoms with E-state index in [1.54, 1.807) is 18.2 Å². The molecule has 5 nitrogen and oxygen atoms in total. The molecule has 0 spiro atoms. The van der Waals surface area contributed by atoms with Crippen LogP contribution in [0.15, 0.2) is 18.2 Å². The highest BCUT2D eigenvalue weighted by atomic mass is 35.5. The van der Waals surface area contributed by atoms with Crippen molar-refractivity contribution in [1.82, 2.24) is 4.31 Å². The molecule has 0 aliphatic rings. The first-order valence-corrected chi connectivity index (χ1v) is 10.0. The van der Waals surface area contributed by atoms with Crippen LogP contribution in [0.4, 0.5) is 5.69 Å². The SMILES string of the molecule is CCCCCN(CCC(=O)Nc1c(Cl)cccc1Cl)S(C)(=O)=O. The van der Waals surface area contributed by atoms with E-state index >= 15 is 0 Å². The van der Waals surface area contributed by atoms with Crippen LogP contribution in [0.2, 0.25) is 10.0 Å². The number of sulfonamides is 1. The Morgan fingerprint density at radius 2 is 1.78 bits per heavy atom. The molecule has 0 aliphatic heterocycles. The number of unbranched alkanes of at least 4 members (excludes halogenated alkanes) is 2. The van der Waals surface area contributed by atoms with Gasteiger partial charge in [-0.3, -0.25) is 4.79 Å². The van der Waals surface area contributed by atoms with Crippen LogP contribution < -0.4 is 5.32 Å². The molecule has 1 rings (SSSR count). The number of carbonyl (C=O) groups excluding carboxylic acids is 1. The van der Waals surface area contributed by atoms with Gasteiger partial charge >= 0.3 is 0 Å².